The molecule has 0 fully saturated rings. The van der Waals surface area contributed by atoms with Gasteiger partial charge >= 0.3 is 0 Å². The zero-order chi connectivity index (χ0) is 25.2. The van der Waals surface area contributed by atoms with Crippen molar-refractivity contribution in [3.05, 3.63) is 64.2 Å². The van der Waals surface area contributed by atoms with Gasteiger partial charge in [0.2, 0.25) is 0 Å². The fourth-order valence-electron chi connectivity index (χ4n) is 4.09. The summed E-state index contributed by atoms with van der Waals surface area (Å²) in [4.78, 5) is 26.0. The predicted octanol–water partition coefficient (Wildman–Crippen LogP) is 5.74. The summed E-state index contributed by atoms with van der Waals surface area (Å²) < 4.78 is 11.9. The minimum absolute atomic E-state index is 0.0192. The summed E-state index contributed by atoms with van der Waals surface area (Å²) in [6.45, 7) is 9.19. The molecule has 6 nitrogen and oxygen atoms in total. The van der Waals surface area contributed by atoms with Crippen molar-refractivity contribution in [1.29, 1.82) is 0 Å². The van der Waals surface area contributed by atoms with Crippen LogP contribution in [-0.2, 0) is 11.2 Å². The second-order valence-corrected chi connectivity index (χ2v) is 9.42. The number of phenols is 2. The largest absolute Gasteiger partial charge is 0.508 e. The van der Waals surface area contributed by atoms with Gasteiger partial charge in [-0.15, -0.1) is 0 Å². The van der Waals surface area contributed by atoms with Crippen LogP contribution in [-0.4, -0.2) is 34.5 Å². The Kier molecular flexibility index (Phi) is 7.20. The fourth-order valence-corrected chi connectivity index (χ4v) is 4.09. The van der Waals surface area contributed by atoms with E-state index in [1.165, 1.54) is 26.2 Å². The standard InChI is InChI=1S/C28H32O6/c1-16(2)7-12-21-26-20(13-14-28(4,5)34-26)24(31)23(27(21)33-6)25(32)22(15-17(3)29)18-8-10-19(30)11-9-18/h7-11,13-14,22,30-31H,12,15H2,1-6H3. The number of phenolic OH excluding ortho intramolecular Hbond substituents is 2. The van der Waals surface area contributed by atoms with Crippen molar-refractivity contribution in [2.24, 2.45) is 0 Å². The molecule has 1 heterocycles. The molecule has 0 aromatic heterocycles. The SMILES string of the molecule is COc1c(CC=C(C)C)c2c(c(O)c1C(=O)C(CC(C)=O)c1ccc(O)cc1)C=CC(C)(C)O2. The molecule has 1 aliphatic heterocycles. The van der Waals surface area contributed by atoms with Gasteiger partial charge in [-0.1, -0.05) is 23.8 Å². The molecule has 2 N–H and O–H groups in total. The highest BCUT2D eigenvalue weighted by atomic mass is 16.5. The minimum atomic E-state index is -0.850. The maximum Gasteiger partial charge on any atom is 0.178 e. The van der Waals surface area contributed by atoms with Crippen molar-refractivity contribution in [1.82, 2.24) is 0 Å². The number of Topliss-reactive ketones (excluding diaryl/α,β-unsaturated/α-hetero) is 2. The summed E-state index contributed by atoms with van der Waals surface area (Å²) in [6, 6.07) is 6.16. The van der Waals surface area contributed by atoms with E-state index in [4.69, 9.17) is 9.47 Å². The summed E-state index contributed by atoms with van der Waals surface area (Å²) in [5, 5.41) is 21.0. The molecule has 1 aliphatic rings. The molecule has 0 saturated heterocycles. The monoisotopic (exact) mass is 464 g/mol. The van der Waals surface area contributed by atoms with E-state index in [9.17, 15) is 19.8 Å². The number of ketones is 2. The maximum absolute atomic E-state index is 13.9. The van der Waals surface area contributed by atoms with E-state index >= 15 is 0 Å². The molecule has 3 rings (SSSR count). The Bertz CT molecular complexity index is 1160. The summed E-state index contributed by atoms with van der Waals surface area (Å²) >= 11 is 0. The third kappa shape index (κ3) is 5.16. The third-order valence-corrected chi connectivity index (χ3v) is 5.80. The summed E-state index contributed by atoms with van der Waals surface area (Å²) in [7, 11) is 1.45. The van der Waals surface area contributed by atoms with E-state index in [-0.39, 0.29) is 35.0 Å². The molecule has 0 spiro atoms. The number of ether oxygens (including phenoxy) is 2. The fraction of sp³-hybridized carbons (Fsp3) is 0.357. The first-order chi connectivity index (χ1) is 15.9. The van der Waals surface area contributed by atoms with E-state index in [0.717, 1.165) is 5.57 Å². The molecule has 1 unspecified atom stereocenters. The van der Waals surface area contributed by atoms with Gasteiger partial charge in [0.05, 0.1) is 18.6 Å². The topological polar surface area (TPSA) is 93.1 Å². The van der Waals surface area contributed by atoms with E-state index in [1.807, 2.05) is 39.8 Å². The lowest BCUT2D eigenvalue weighted by molar-refractivity contribution is -0.117. The average molecular weight is 465 g/mol. The van der Waals surface area contributed by atoms with Gasteiger partial charge in [0.25, 0.3) is 0 Å². The quantitative estimate of drug-likeness (QED) is 0.382. The lowest BCUT2D eigenvalue weighted by Crippen LogP contribution is -2.29. The second kappa shape index (κ2) is 9.75. The number of hydrogen-bond acceptors (Lipinski definition) is 6. The van der Waals surface area contributed by atoms with Crippen LogP contribution in [0.15, 0.2) is 42.0 Å². The Morgan fingerprint density at radius 2 is 1.76 bits per heavy atom. The van der Waals surface area contributed by atoms with Gasteiger partial charge < -0.3 is 19.7 Å². The van der Waals surface area contributed by atoms with Gasteiger partial charge in [-0.25, -0.2) is 0 Å². The Morgan fingerprint density at radius 1 is 1.12 bits per heavy atom. The highest BCUT2D eigenvalue weighted by molar-refractivity contribution is 6.08. The van der Waals surface area contributed by atoms with Crippen LogP contribution in [0.3, 0.4) is 0 Å². The van der Waals surface area contributed by atoms with Gasteiger partial charge in [-0.2, -0.15) is 0 Å². The van der Waals surface area contributed by atoms with Crippen molar-refractivity contribution in [2.45, 2.75) is 59.0 Å². The van der Waals surface area contributed by atoms with Crippen LogP contribution in [0.25, 0.3) is 6.08 Å². The molecule has 0 saturated carbocycles. The number of aromatic hydroxyl groups is 2. The first kappa shape index (κ1) is 25.1. The van der Waals surface area contributed by atoms with Crippen molar-refractivity contribution in [2.75, 3.05) is 7.11 Å². The maximum atomic E-state index is 13.9. The van der Waals surface area contributed by atoms with Gasteiger partial charge in [-0.05, 0) is 70.9 Å². The van der Waals surface area contributed by atoms with Crippen LogP contribution in [0.4, 0.5) is 0 Å². The van der Waals surface area contributed by atoms with Crippen molar-refractivity contribution < 1.29 is 29.3 Å². The van der Waals surface area contributed by atoms with Gasteiger partial charge in [0.1, 0.15) is 39.9 Å². The molecule has 6 heteroatoms. The number of allylic oxidation sites excluding steroid dienone is 2. The minimum Gasteiger partial charge on any atom is -0.508 e. The molecule has 2 aromatic carbocycles. The number of hydrogen-bond donors (Lipinski definition) is 2. The van der Waals surface area contributed by atoms with Gasteiger partial charge in [0.15, 0.2) is 5.78 Å². The molecule has 0 radical (unpaired) electrons. The van der Waals surface area contributed by atoms with Gasteiger partial charge in [0, 0.05) is 12.0 Å². The Labute approximate surface area is 200 Å². The third-order valence-electron chi connectivity index (χ3n) is 5.80. The van der Waals surface area contributed by atoms with E-state index in [2.05, 4.69) is 0 Å². The molecule has 0 aliphatic carbocycles. The Morgan fingerprint density at radius 3 is 2.32 bits per heavy atom. The number of rotatable bonds is 8. The van der Waals surface area contributed by atoms with Crippen LogP contribution in [0.2, 0.25) is 0 Å². The highest BCUT2D eigenvalue weighted by Crippen LogP contribution is 2.49. The summed E-state index contributed by atoms with van der Waals surface area (Å²) in [5.41, 5.74) is 2.14. The number of fused-ring (bicyclic) bond motifs is 1. The van der Waals surface area contributed by atoms with Gasteiger partial charge in [-0.3, -0.25) is 9.59 Å². The smallest absolute Gasteiger partial charge is 0.178 e. The zero-order valence-electron chi connectivity index (χ0n) is 20.6. The van der Waals surface area contributed by atoms with Crippen LogP contribution >= 0.6 is 0 Å². The molecule has 1 atom stereocenters. The molecule has 2 aromatic rings. The normalized spacial score (nSPS) is 14.5. The van der Waals surface area contributed by atoms with Crippen LogP contribution in [0.1, 0.15) is 74.0 Å². The lowest BCUT2D eigenvalue weighted by Gasteiger charge is -2.32. The van der Waals surface area contributed by atoms with E-state index < -0.39 is 17.3 Å². The second-order valence-electron chi connectivity index (χ2n) is 9.42. The first-order valence-corrected chi connectivity index (χ1v) is 11.2. The molecule has 0 amide bonds. The summed E-state index contributed by atoms with van der Waals surface area (Å²) in [6.07, 6.45) is 5.98. The number of carbonyl (C=O) groups is 2. The lowest BCUT2D eigenvalue weighted by atomic mass is 9.83. The van der Waals surface area contributed by atoms with E-state index in [0.29, 0.717) is 28.9 Å². The molecular weight excluding hydrogens is 432 g/mol. The van der Waals surface area contributed by atoms with Crippen molar-refractivity contribution in [3.8, 4) is 23.0 Å². The van der Waals surface area contributed by atoms with Crippen LogP contribution < -0.4 is 9.47 Å². The average Bonchev–Trinajstić information content (AvgIpc) is 2.75. The van der Waals surface area contributed by atoms with Crippen LogP contribution in [0.5, 0.6) is 23.0 Å². The van der Waals surface area contributed by atoms with Crippen molar-refractivity contribution >= 4 is 17.6 Å². The molecule has 180 valence electrons. The number of carbonyl (C=O) groups excluding carboxylic acids is 2. The Balaban J connectivity index is 2.28. The van der Waals surface area contributed by atoms with Crippen molar-refractivity contribution in [3.63, 3.8) is 0 Å². The molecular formula is C28H32O6. The molecule has 34 heavy (non-hydrogen) atoms. The van der Waals surface area contributed by atoms with Crippen LogP contribution in [0, 0.1) is 0 Å². The Hall–Kier alpha value is -3.54. The predicted molar refractivity (Wildman–Crippen MR) is 132 cm³/mol. The zero-order valence-corrected chi connectivity index (χ0v) is 20.6. The summed E-state index contributed by atoms with van der Waals surface area (Å²) in [5.74, 6) is -0.928. The van der Waals surface area contributed by atoms with E-state index in [1.54, 1.807) is 18.2 Å². The number of benzene rings is 2. The number of methoxy groups -OCH3 is 1. The first-order valence-electron chi connectivity index (χ1n) is 11.2. The highest BCUT2D eigenvalue weighted by Gasteiger charge is 2.36. The molecule has 0 bridgehead atoms.